The van der Waals surface area contributed by atoms with Gasteiger partial charge < -0.3 is 5.11 Å². The zero-order valence-electron chi connectivity index (χ0n) is 9.72. The second-order valence-electron chi connectivity index (χ2n) is 3.73. The molecule has 0 bridgehead atoms. The summed E-state index contributed by atoms with van der Waals surface area (Å²) in [6, 6.07) is 7.72. The summed E-state index contributed by atoms with van der Waals surface area (Å²) in [5, 5.41) is 20.8. The van der Waals surface area contributed by atoms with Crippen molar-refractivity contribution in [2.24, 2.45) is 0 Å². The summed E-state index contributed by atoms with van der Waals surface area (Å²) in [5.41, 5.74) is -1.16. The number of aromatic carboxylic acids is 1. The minimum absolute atomic E-state index is 0.225. The van der Waals surface area contributed by atoms with Gasteiger partial charge in [0.05, 0.1) is 17.3 Å². The van der Waals surface area contributed by atoms with Gasteiger partial charge >= 0.3 is 5.97 Å². The number of nitrogens with zero attached hydrogens (tertiary/aromatic N) is 3. The normalized spacial score (nSPS) is 10.6. The molecule has 0 atom stereocenters. The first-order chi connectivity index (χ1) is 9.45. The molecule has 0 aliphatic rings. The van der Waals surface area contributed by atoms with Crippen molar-refractivity contribution in [1.29, 1.82) is 5.26 Å². The Hall–Kier alpha value is -2.46. The molecule has 20 heavy (non-hydrogen) atoms. The van der Waals surface area contributed by atoms with Gasteiger partial charge in [0, 0.05) is 0 Å². The Morgan fingerprint density at radius 2 is 2.20 bits per heavy atom. The largest absolute Gasteiger partial charge is 0.478 e. The van der Waals surface area contributed by atoms with Gasteiger partial charge in [-0.3, -0.25) is 0 Å². The van der Waals surface area contributed by atoms with E-state index in [9.17, 15) is 13.6 Å². The van der Waals surface area contributed by atoms with Crippen molar-refractivity contribution in [2.45, 2.75) is 6.43 Å². The number of nitriles is 1. The Bertz CT molecular complexity index is 722. The van der Waals surface area contributed by atoms with Gasteiger partial charge in [-0.05, 0) is 18.2 Å². The van der Waals surface area contributed by atoms with Gasteiger partial charge in [-0.25, -0.2) is 18.3 Å². The molecular formula is C12H6ClF2N3O2. The summed E-state index contributed by atoms with van der Waals surface area (Å²) in [4.78, 5) is 11.0. The first-order valence-electron chi connectivity index (χ1n) is 5.26. The van der Waals surface area contributed by atoms with Gasteiger partial charge in [0.15, 0.2) is 0 Å². The highest BCUT2D eigenvalue weighted by atomic mass is 35.5. The van der Waals surface area contributed by atoms with Gasteiger partial charge in [0.25, 0.3) is 6.43 Å². The summed E-state index contributed by atoms with van der Waals surface area (Å²) in [7, 11) is 0. The lowest BCUT2D eigenvalue weighted by molar-refractivity contribution is 0.0684. The maximum Gasteiger partial charge on any atom is 0.341 e. The van der Waals surface area contributed by atoms with Crippen LogP contribution in [-0.4, -0.2) is 20.9 Å². The van der Waals surface area contributed by atoms with E-state index in [2.05, 4.69) is 5.10 Å². The lowest BCUT2D eigenvalue weighted by atomic mass is 10.2. The fourth-order valence-electron chi connectivity index (χ4n) is 1.64. The average molecular weight is 298 g/mol. The van der Waals surface area contributed by atoms with E-state index in [0.717, 1.165) is 4.68 Å². The van der Waals surface area contributed by atoms with Crippen molar-refractivity contribution >= 4 is 17.6 Å². The number of rotatable bonds is 3. The molecule has 2 rings (SSSR count). The number of carboxylic acid groups (broad SMARTS) is 1. The van der Waals surface area contributed by atoms with E-state index in [4.69, 9.17) is 22.0 Å². The molecular weight excluding hydrogens is 292 g/mol. The van der Waals surface area contributed by atoms with Crippen LogP contribution in [0.15, 0.2) is 24.3 Å². The van der Waals surface area contributed by atoms with Crippen molar-refractivity contribution in [3.63, 3.8) is 0 Å². The monoisotopic (exact) mass is 297 g/mol. The van der Waals surface area contributed by atoms with E-state index in [1.807, 2.05) is 6.07 Å². The van der Waals surface area contributed by atoms with E-state index >= 15 is 0 Å². The van der Waals surface area contributed by atoms with Crippen LogP contribution >= 0.6 is 11.6 Å². The second kappa shape index (κ2) is 5.27. The van der Waals surface area contributed by atoms with Crippen LogP contribution in [0.2, 0.25) is 5.15 Å². The molecule has 0 aliphatic heterocycles. The van der Waals surface area contributed by atoms with Crippen LogP contribution in [-0.2, 0) is 0 Å². The van der Waals surface area contributed by atoms with E-state index in [0.29, 0.717) is 0 Å². The molecule has 8 heteroatoms. The third-order valence-corrected chi connectivity index (χ3v) is 2.85. The quantitative estimate of drug-likeness (QED) is 0.944. The van der Waals surface area contributed by atoms with Crippen LogP contribution in [0.1, 0.15) is 28.0 Å². The van der Waals surface area contributed by atoms with Crippen LogP contribution in [0.25, 0.3) is 5.69 Å². The second-order valence-corrected chi connectivity index (χ2v) is 4.09. The summed E-state index contributed by atoms with van der Waals surface area (Å²) in [6.07, 6.45) is -3.07. The fraction of sp³-hybridized carbons (Fsp3) is 0.0833. The molecule has 5 nitrogen and oxygen atoms in total. The first-order valence-corrected chi connectivity index (χ1v) is 5.64. The van der Waals surface area contributed by atoms with Gasteiger partial charge in [-0.15, -0.1) is 0 Å². The Labute approximate surface area is 116 Å². The van der Waals surface area contributed by atoms with E-state index in [1.165, 1.54) is 24.3 Å². The van der Waals surface area contributed by atoms with Crippen molar-refractivity contribution in [1.82, 2.24) is 9.78 Å². The van der Waals surface area contributed by atoms with Crippen molar-refractivity contribution in [3.05, 3.63) is 46.2 Å². The number of carbonyl (C=O) groups is 1. The fourth-order valence-corrected chi connectivity index (χ4v) is 1.96. The summed E-state index contributed by atoms with van der Waals surface area (Å²) in [5.74, 6) is -1.59. The molecule has 0 saturated heterocycles. The van der Waals surface area contributed by atoms with Crippen LogP contribution in [0.5, 0.6) is 0 Å². The summed E-state index contributed by atoms with van der Waals surface area (Å²) >= 11 is 5.80. The average Bonchev–Trinajstić information content (AvgIpc) is 2.77. The zero-order chi connectivity index (χ0) is 14.9. The highest BCUT2D eigenvalue weighted by Gasteiger charge is 2.28. The molecule has 2 aromatic rings. The predicted octanol–water partition coefficient (Wildman–Crippen LogP) is 3.03. The number of halogens is 3. The summed E-state index contributed by atoms with van der Waals surface area (Å²) < 4.78 is 26.5. The minimum atomic E-state index is -3.07. The van der Waals surface area contributed by atoms with Gasteiger partial charge in [0.1, 0.15) is 16.4 Å². The van der Waals surface area contributed by atoms with E-state index in [-0.39, 0.29) is 11.3 Å². The lowest BCUT2D eigenvalue weighted by Crippen LogP contribution is -2.01. The number of hydrogen-bond acceptors (Lipinski definition) is 3. The molecule has 1 N–H and O–H groups in total. The topological polar surface area (TPSA) is 78.9 Å². The molecule has 1 aromatic heterocycles. The molecule has 0 amide bonds. The van der Waals surface area contributed by atoms with Crippen LogP contribution in [0, 0.1) is 11.3 Å². The third kappa shape index (κ3) is 2.33. The highest BCUT2D eigenvalue weighted by molar-refractivity contribution is 6.33. The number of benzene rings is 1. The molecule has 1 aromatic carbocycles. The van der Waals surface area contributed by atoms with Crippen LogP contribution in [0.3, 0.4) is 0 Å². The van der Waals surface area contributed by atoms with Crippen LogP contribution in [0.4, 0.5) is 8.78 Å². The number of alkyl halides is 2. The van der Waals surface area contributed by atoms with Gasteiger partial charge in [0.2, 0.25) is 0 Å². The Morgan fingerprint density at radius 1 is 1.50 bits per heavy atom. The van der Waals surface area contributed by atoms with Gasteiger partial charge in [-0.1, -0.05) is 17.7 Å². The molecule has 1 heterocycles. The van der Waals surface area contributed by atoms with E-state index < -0.39 is 28.8 Å². The van der Waals surface area contributed by atoms with Crippen molar-refractivity contribution in [3.8, 4) is 11.8 Å². The molecule has 0 spiro atoms. The highest BCUT2D eigenvalue weighted by Crippen LogP contribution is 2.30. The third-order valence-electron chi connectivity index (χ3n) is 2.50. The number of hydrogen-bond donors (Lipinski definition) is 1. The molecule has 0 saturated carbocycles. The maximum atomic E-state index is 12.8. The van der Waals surface area contributed by atoms with Crippen molar-refractivity contribution in [2.75, 3.05) is 0 Å². The molecule has 0 aliphatic carbocycles. The molecule has 0 radical (unpaired) electrons. The standard InChI is InChI=1S/C12H6ClF2N3O2/c13-10-8(12(19)20)9(11(14)15)17-18(10)7-3-1-2-6(4-7)5-16/h1-4,11H,(H,19,20). The zero-order valence-corrected chi connectivity index (χ0v) is 10.5. The first kappa shape index (κ1) is 14.0. The lowest BCUT2D eigenvalue weighted by Gasteiger charge is -2.03. The Kier molecular flexibility index (Phi) is 3.68. The van der Waals surface area contributed by atoms with Gasteiger partial charge in [-0.2, -0.15) is 10.4 Å². The van der Waals surface area contributed by atoms with Crippen molar-refractivity contribution < 1.29 is 18.7 Å². The number of aromatic nitrogens is 2. The Balaban J connectivity index is 2.66. The maximum absolute atomic E-state index is 12.8. The summed E-state index contributed by atoms with van der Waals surface area (Å²) in [6.45, 7) is 0. The SMILES string of the molecule is N#Cc1cccc(-n2nc(C(F)F)c(C(=O)O)c2Cl)c1. The minimum Gasteiger partial charge on any atom is -0.478 e. The van der Waals surface area contributed by atoms with Crippen LogP contribution < -0.4 is 0 Å². The number of carboxylic acids is 1. The molecule has 0 unspecified atom stereocenters. The van der Waals surface area contributed by atoms with E-state index in [1.54, 1.807) is 0 Å². The Morgan fingerprint density at radius 3 is 2.70 bits per heavy atom. The smallest absolute Gasteiger partial charge is 0.341 e. The predicted molar refractivity (Wildman–Crippen MR) is 65.2 cm³/mol. The molecule has 0 fully saturated rings. The molecule has 102 valence electrons.